The molecule has 2 amide bonds. The van der Waals surface area contributed by atoms with Gasteiger partial charge in [-0.3, -0.25) is 4.79 Å². The van der Waals surface area contributed by atoms with Crippen LogP contribution in [0.25, 0.3) is 0 Å². The summed E-state index contributed by atoms with van der Waals surface area (Å²) < 4.78 is 43.0. The number of benzene rings is 1. The molecule has 0 fully saturated rings. The van der Waals surface area contributed by atoms with E-state index in [1.807, 2.05) is 0 Å². The Kier molecular flexibility index (Phi) is 5.36. The summed E-state index contributed by atoms with van der Waals surface area (Å²) in [5.74, 6) is -4.96. The van der Waals surface area contributed by atoms with Crippen LogP contribution in [0.1, 0.15) is 13.3 Å². The van der Waals surface area contributed by atoms with Crippen molar-refractivity contribution in [2.75, 3.05) is 12.4 Å². The van der Waals surface area contributed by atoms with E-state index in [9.17, 15) is 22.8 Å². The number of amides is 2. The van der Waals surface area contributed by atoms with Crippen molar-refractivity contribution in [3.05, 3.63) is 29.6 Å². The van der Waals surface area contributed by atoms with Crippen molar-refractivity contribution in [2.24, 2.45) is 0 Å². The molecule has 1 aromatic rings. The van der Waals surface area contributed by atoms with Crippen LogP contribution in [0.15, 0.2) is 12.1 Å². The van der Waals surface area contributed by atoms with Gasteiger partial charge in [-0.25, -0.2) is 18.0 Å². The normalized spacial score (nSPS) is 11.7. The monoisotopic (exact) mass is 290 g/mol. The van der Waals surface area contributed by atoms with Crippen LogP contribution in [0.3, 0.4) is 0 Å². The fraction of sp³-hybridized carbons (Fsp3) is 0.333. The second-order valence-corrected chi connectivity index (χ2v) is 4.03. The number of urea groups is 1. The summed E-state index contributed by atoms with van der Waals surface area (Å²) in [5, 5.41) is 4.48. The average molecular weight is 290 g/mol. The summed E-state index contributed by atoms with van der Waals surface area (Å²) in [7, 11) is 1.21. The molecule has 2 N–H and O–H groups in total. The molecule has 0 aliphatic rings. The van der Waals surface area contributed by atoms with Crippen molar-refractivity contribution >= 4 is 17.7 Å². The van der Waals surface area contributed by atoms with Gasteiger partial charge in [0.2, 0.25) is 0 Å². The standard InChI is InChI=1S/C12H13F3N2O3/c1-6(3-10(18)20-2)16-12(19)17-7-4-8(13)11(15)9(14)5-7/h4-6H,3H2,1-2H3,(H2,16,17,19)/t6-/m1/s1. The van der Waals surface area contributed by atoms with E-state index in [1.54, 1.807) is 6.92 Å². The van der Waals surface area contributed by atoms with E-state index < -0.39 is 35.5 Å². The van der Waals surface area contributed by atoms with Crippen LogP contribution in [-0.2, 0) is 9.53 Å². The first-order chi connectivity index (χ1) is 9.33. The van der Waals surface area contributed by atoms with Gasteiger partial charge >= 0.3 is 12.0 Å². The quantitative estimate of drug-likeness (QED) is 0.659. The molecule has 110 valence electrons. The number of rotatable bonds is 4. The Bertz CT molecular complexity index is 500. The molecule has 0 saturated heterocycles. The van der Waals surface area contributed by atoms with Gasteiger partial charge in [-0.2, -0.15) is 0 Å². The Morgan fingerprint density at radius 1 is 1.25 bits per heavy atom. The molecular formula is C12H13F3N2O3. The highest BCUT2D eigenvalue weighted by molar-refractivity contribution is 5.89. The van der Waals surface area contributed by atoms with Crippen LogP contribution < -0.4 is 10.6 Å². The summed E-state index contributed by atoms with van der Waals surface area (Å²) in [6.07, 6.45) is -0.0595. The van der Waals surface area contributed by atoms with Crippen molar-refractivity contribution in [1.29, 1.82) is 0 Å². The summed E-state index contributed by atoms with van der Waals surface area (Å²) in [6.45, 7) is 1.54. The lowest BCUT2D eigenvalue weighted by Gasteiger charge is -2.13. The zero-order chi connectivity index (χ0) is 15.3. The number of nitrogens with one attached hydrogen (secondary N) is 2. The summed E-state index contributed by atoms with van der Waals surface area (Å²) >= 11 is 0. The van der Waals surface area contributed by atoms with Crippen LogP contribution in [0.5, 0.6) is 0 Å². The van der Waals surface area contributed by atoms with Crippen LogP contribution >= 0.6 is 0 Å². The minimum Gasteiger partial charge on any atom is -0.469 e. The first-order valence-corrected chi connectivity index (χ1v) is 5.62. The molecule has 5 nitrogen and oxygen atoms in total. The van der Waals surface area contributed by atoms with Crippen molar-refractivity contribution in [1.82, 2.24) is 5.32 Å². The molecule has 0 spiro atoms. The van der Waals surface area contributed by atoms with Gasteiger partial charge in [-0.15, -0.1) is 0 Å². The number of halogens is 3. The summed E-state index contributed by atoms with van der Waals surface area (Å²) in [5.41, 5.74) is -0.246. The van der Waals surface area contributed by atoms with Crippen LogP contribution in [0.4, 0.5) is 23.7 Å². The maximum atomic E-state index is 12.9. The molecule has 8 heteroatoms. The SMILES string of the molecule is COC(=O)C[C@@H](C)NC(=O)Nc1cc(F)c(F)c(F)c1. The van der Waals surface area contributed by atoms with E-state index in [0.29, 0.717) is 12.1 Å². The third kappa shape index (κ3) is 4.45. The third-order valence-electron chi connectivity index (χ3n) is 2.32. The minimum atomic E-state index is -1.62. The molecule has 0 aliphatic carbocycles. The molecule has 0 saturated carbocycles. The molecule has 1 aromatic carbocycles. The number of esters is 1. The van der Waals surface area contributed by atoms with E-state index in [0.717, 1.165) is 0 Å². The van der Waals surface area contributed by atoms with Crippen molar-refractivity contribution in [2.45, 2.75) is 19.4 Å². The number of anilines is 1. The smallest absolute Gasteiger partial charge is 0.319 e. The lowest BCUT2D eigenvalue weighted by molar-refractivity contribution is -0.141. The fourth-order valence-electron chi connectivity index (χ4n) is 1.40. The largest absolute Gasteiger partial charge is 0.469 e. The van der Waals surface area contributed by atoms with E-state index in [-0.39, 0.29) is 12.1 Å². The Morgan fingerprint density at radius 3 is 2.30 bits per heavy atom. The molecule has 20 heavy (non-hydrogen) atoms. The number of methoxy groups -OCH3 is 1. The van der Waals surface area contributed by atoms with E-state index in [4.69, 9.17) is 0 Å². The van der Waals surface area contributed by atoms with Gasteiger partial charge in [0.1, 0.15) is 0 Å². The Labute approximate surface area is 113 Å². The number of hydrogen-bond donors (Lipinski definition) is 2. The Morgan fingerprint density at radius 2 is 1.80 bits per heavy atom. The zero-order valence-corrected chi connectivity index (χ0v) is 10.8. The highest BCUT2D eigenvalue weighted by Gasteiger charge is 2.14. The van der Waals surface area contributed by atoms with Gasteiger partial charge in [0, 0.05) is 23.9 Å². The van der Waals surface area contributed by atoms with Crippen LogP contribution in [0.2, 0.25) is 0 Å². The highest BCUT2D eigenvalue weighted by atomic mass is 19.2. The van der Waals surface area contributed by atoms with E-state index in [1.165, 1.54) is 7.11 Å². The predicted octanol–water partition coefficient (Wildman–Crippen LogP) is 2.18. The fourth-order valence-corrected chi connectivity index (χ4v) is 1.40. The molecule has 1 rings (SSSR count). The lowest BCUT2D eigenvalue weighted by Crippen LogP contribution is -2.37. The Hall–Kier alpha value is -2.25. The van der Waals surface area contributed by atoms with Gasteiger partial charge in [-0.05, 0) is 6.92 Å². The highest BCUT2D eigenvalue weighted by Crippen LogP contribution is 2.17. The van der Waals surface area contributed by atoms with Gasteiger partial charge in [0.25, 0.3) is 0 Å². The lowest BCUT2D eigenvalue weighted by atomic mass is 10.2. The molecule has 0 aromatic heterocycles. The first-order valence-electron chi connectivity index (χ1n) is 5.62. The van der Waals surface area contributed by atoms with Crippen molar-refractivity contribution in [3.63, 3.8) is 0 Å². The number of hydrogen-bond acceptors (Lipinski definition) is 3. The van der Waals surface area contributed by atoms with Crippen molar-refractivity contribution in [3.8, 4) is 0 Å². The second-order valence-electron chi connectivity index (χ2n) is 4.03. The second kappa shape index (κ2) is 6.78. The summed E-state index contributed by atoms with van der Waals surface area (Å²) in [4.78, 5) is 22.4. The summed E-state index contributed by atoms with van der Waals surface area (Å²) in [6, 6.07) is -0.0456. The first kappa shape index (κ1) is 15.8. The number of carbonyl (C=O) groups is 2. The van der Waals surface area contributed by atoms with Gasteiger partial charge in [-0.1, -0.05) is 0 Å². The maximum absolute atomic E-state index is 12.9. The van der Waals surface area contributed by atoms with Gasteiger partial charge in [0.15, 0.2) is 17.5 Å². The molecule has 0 unspecified atom stereocenters. The van der Waals surface area contributed by atoms with E-state index in [2.05, 4.69) is 15.4 Å². The topological polar surface area (TPSA) is 67.4 Å². The van der Waals surface area contributed by atoms with Crippen LogP contribution in [-0.4, -0.2) is 25.2 Å². The number of carbonyl (C=O) groups excluding carboxylic acids is 2. The maximum Gasteiger partial charge on any atom is 0.319 e. The Balaban J connectivity index is 2.61. The third-order valence-corrected chi connectivity index (χ3v) is 2.32. The molecule has 0 radical (unpaired) electrons. The molecular weight excluding hydrogens is 277 g/mol. The van der Waals surface area contributed by atoms with Gasteiger partial charge in [0.05, 0.1) is 13.5 Å². The van der Waals surface area contributed by atoms with Crippen molar-refractivity contribution < 1.29 is 27.5 Å². The molecule has 0 bridgehead atoms. The predicted molar refractivity (Wildman–Crippen MR) is 64.6 cm³/mol. The van der Waals surface area contributed by atoms with Gasteiger partial charge < -0.3 is 15.4 Å². The number of ether oxygens (including phenoxy) is 1. The molecule has 0 heterocycles. The zero-order valence-electron chi connectivity index (χ0n) is 10.8. The van der Waals surface area contributed by atoms with Crippen LogP contribution in [0, 0.1) is 17.5 Å². The molecule has 1 atom stereocenters. The molecule has 0 aliphatic heterocycles. The average Bonchev–Trinajstić information content (AvgIpc) is 2.35. The minimum absolute atomic E-state index is 0.0595. The van der Waals surface area contributed by atoms with E-state index >= 15 is 0 Å².